The standard InChI is InChI=1S/C22H31NO2S/c1-26(24,25)15-17-7-8-18-13-21-19-4-2-3-9-22(19,20(18)12-17)10-11-23(21)14-16-5-6-16/h7-8,12,16,19,21H,2-6,9-11,13-15H2,1H3. The highest BCUT2D eigenvalue weighted by Gasteiger charge is 2.54. The Kier molecular flexibility index (Phi) is 4.02. The van der Waals surface area contributed by atoms with Crippen molar-refractivity contribution < 1.29 is 8.42 Å². The van der Waals surface area contributed by atoms with E-state index in [0.717, 1.165) is 23.4 Å². The number of nitrogens with zero attached hydrogens (tertiary/aromatic N) is 1. The molecule has 26 heavy (non-hydrogen) atoms. The highest BCUT2D eigenvalue weighted by molar-refractivity contribution is 7.89. The van der Waals surface area contributed by atoms with E-state index < -0.39 is 9.84 Å². The summed E-state index contributed by atoms with van der Waals surface area (Å²) >= 11 is 0. The zero-order valence-electron chi connectivity index (χ0n) is 15.9. The van der Waals surface area contributed by atoms with Crippen LogP contribution < -0.4 is 0 Å². The summed E-state index contributed by atoms with van der Waals surface area (Å²) in [5.41, 5.74) is 4.34. The van der Waals surface area contributed by atoms with Crippen LogP contribution in [-0.2, 0) is 27.4 Å². The van der Waals surface area contributed by atoms with Crippen molar-refractivity contribution in [2.45, 2.75) is 68.6 Å². The number of likely N-dealkylation sites (tertiary alicyclic amines) is 1. The average molecular weight is 374 g/mol. The van der Waals surface area contributed by atoms with Crippen molar-refractivity contribution in [3.05, 3.63) is 34.9 Å². The van der Waals surface area contributed by atoms with Gasteiger partial charge < -0.3 is 0 Å². The van der Waals surface area contributed by atoms with Crippen LogP contribution in [0.3, 0.4) is 0 Å². The second-order valence-electron chi connectivity index (χ2n) is 9.53. The molecule has 3 fully saturated rings. The molecule has 2 bridgehead atoms. The number of sulfone groups is 1. The van der Waals surface area contributed by atoms with Crippen molar-refractivity contribution in [2.24, 2.45) is 11.8 Å². The van der Waals surface area contributed by atoms with Gasteiger partial charge in [0, 0.05) is 24.3 Å². The summed E-state index contributed by atoms with van der Waals surface area (Å²) in [6, 6.07) is 7.33. The van der Waals surface area contributed by atoms with Gasteiger partial charge in [-0.15, -0.1) is 0 Å². The van der Waals surface area contributed by atoms with Gasteiger partial charge in [0.15, 0.2) is 9.84 Å². The summed E-state index contributed by atoms with van der Waals surface area (Å²) in [6.45, 7) is 2.56. The Balaban J connectivity index is 1.54. The van der Waals surface area contributed by atoms with Gasteiger partial charge in [0.1, 0.15) is 0 Å². The van der Waals surface area contributed by atoms with E-state index in [9.17, 15) is 8.42 Å². The Bertz CT molecular complexity index is 813. The molecular formula is C22H31NO2S. The molecule has 0 N–H and O–H groups in total. The van der Waals surface area contributed by atoms with Crippen molar-refractivity contribution in [1.29, 1.82) is 0 Å². The Morgan fingerprint density at radius 2 is 2.00 bits per heavy atom. The minimum absolute atomic E-state index is 0.179. The van der Waals surface area contributed by atoms with Crippen molar-refractivity contribution in [3.63, 3.8) is 0 Å². The van der Waals surface area contributed by atoms with Gasteiger partial charge in [-0.2, -0.15) is 0 Å². The maximum absolute atomic E-state index is 11.8. The van der Waals surface area contributed by atoms with E-state index in [0.29, 0.717) is 5.41 Å². The van der Waals surface area contributed by atoms with Gasteiger partial charge in [0.05, 0.1) is 5.75 Å². The Morgan fingerprint density at radius 1 is 1.15 bits per heavy atom. The van der Waals surface area contributed by atoms with Crippen LogP contribution in [0.4, 0.5) is 0 Å². The SMILES string of the molecule is CS(=O)(=O)Cc1ccc2c(c1)C13CCCCC1C(C2)N(CC1CC1)CC3. The number of hydrogen-bond acceptors (Lipinski definition) is 3. The highest BCUT2D eigenvalue weighted by Crippen LogP contribution is 2.56. The van der Waals surface area contributed by atoms with Crippen molar-refractivity contribution in [1.82, 2.24) is 4.90 Å². The molecule has 1 aromatic rings. The number of hydrogen-bond donors (Lipinski definition) is 0. The van der Waals surface area contributed by atoms with E-state index in [1.54, 1.807) is 0 Å². The fourth-order valence-electron chi connectivity index (χ4n) is 6.38. The van der Waals surface area contributed by atoms with Gasteiger partial charge in [0.25, 0.3) is 0 Å². The van der Waals surface area contributed by atoms with Crippen LogP contribution >= 0.6 is 0 Å². The normalized spacial score (nSPS) is 34.2. The van der Waals surface area contributed by atoms with E-state index in [-0.39, 0.29) is 5.75 Å². The first-order valence-electron chi connectivity index (χ1n) is 10.5. The number of fused-ring (bicyclic) bond motifs is 1. The zero-order valence-corrected chi connectivity index (χ0v) is 16.7. The topological polar surface area (TPSA) is 37.4 Å². The average Bonchev–Trinajstić information content (AvgIpc) is 3.40. The second kappa shape index (κ2) is 6.07. The molecule has 4 heteroatoms. The lowest BCUT2D eigenvalue weighted by molar-refractivity contribution is -0.0134. The van der Waals surface area contributed by atoms with Crippen LogP contribution in [0.15, 0.2) is 18.2 Å². The molecule has 3 aliphatic carbocycles. The van der Waals surface area contributed by atoms with Gasteiger partial charge in [-0.1, -0.05) is 31.0 Å². The third kappa shape index (κ3) is 2.93. The van der Waals surface area contributed by atoms with Gasteiger partial charge in [-0.25, -0.2) is 8.42 Å². The lowest BCUT2D eigenvalue weighted by atomic mass is 9.52. The van der Waals surface area contributed by atoms with Crippen molar-refractivity contribution in [3.8, 4) is 0 Å². The summed E-state index contributed by atoms with van der Waals surface area (Å²) < 4.78 is 23.6. The fourth-order valence-corrected chi connectivity index (χ4v) is 7.17. The number of benzene rings is 1. The first-order valence-corrected chi connectivity index (χ1v) is 12.5. The molecule has 4 aliphatic rings. The lowest BCUT2D eigenvalue weighted by Crippen LogP contribution is -2.61. The molecule has 142 valence electrons. The van der Waals surface area contributed by atoms with Gasteiger partial charge in [0.2, 0.25) is 0 Å². The monoisotopic (exact) mass is 373 g/mol. The van der Waals surface area contributed by atoms with Crippen molar-refractivity contribution >= 4 is 9.84 Å². The predicted octanol–water partition coefficient (Wildman–Crippen LogP) is 3.70. The van der Waals surface area contributed by atoms with Crippen molar-refractivity contribution in [2.75, 3.05) is 19.3 Å². The van der Waals surface area contributed by atoms with E-state index in [1.807, 2.05) is 0 Å². The third-order valence-electron chi connectivity index (χ3n) is 7.63. The molecule has 3 atom stereocenters. The Hall–Kier alpha value is -0.870. The Morgan fingerprint density at radius 3 is 2.77 bits per heavy atom. The first kappa shape index (κ1) is 17.2. The van der Waals surface area contributed by atoms with Gasteiger partial charge in [-0.3, -0.25) is 4.90 Å². The molecular weight excluding hydrogens is 342 g/mol. The summed E-state index contributed by atoms with van der Waals surface area (Å²) in [4.78, 5) is 2.83. The molecule has 1 aliphatic heterocycles. The molecule has 1 heterocycles. The van der Waals surface area contributed by atoms with E-state index in [4.69, 9.17) is 0 Å². The second-order valence-corrected chi connectivity index (χ2v) is 11.7. The largest absolute Gasteiger partial charge is 0.299 e. The summed E-state index contributed by atoms with van der Waals surface area (Å²) in [7, 11) is -2.98. The molecule has 1 saturated heterocycles. The molecule has 0 amide bonds. The molecule has 0 aromatic heterocycles. The molecule has 0 spiro atoms. The van der Waals surface area contributed by atoms with Crippen LogP contribution in [0, 0.1) is 11.8 Å². The number of piperidine rings is 1. The molecule has 1 aromatic carbocycles. The maximum Gasteiger partial charge on any atom is 0.151 e. The van der Waals surface area contributed by atoms with E-state index in [2.05, 4.69) is 23.1 Å². The molecule has 0 radical (unpaired) electrons. The lowest BCUT2D eigenvalue weighted by Gasteiger charge is -2.59. The van der Waals surface area contributed by atoms with Crippen LogP contribution in [0.2, 0.25) is 0 Å². The van der Waals surface area contributed by atoms with Crippen LogP contribution in [0.25, 0.3) is 0 Å². The van der Waals surface area contributed by atoms with E-state index in [1.165, 1.54) is 81.8 Å². The summed E-state index contributed by atoms with van der Waals surface area (Å²) in [5.74, 6) is 1.92. The first-order chi connectivity index (χ1) is 12.4. The summed E-state index contributed by atoms with van der Waals surface area (Å²) in [6.07, 6.45) is 12.0. The Labute approximate surface area is 158 Å². The van der Waals surface area contributed by atoms with E-state index >= 15 is 0 Å². The highest BCUT2D eigenvalue weighted by atomic mass is 32.2. The van der Waals surface area contributed by atoms with Crippen LogP contribution in [-0.4, -0.2) is 38.7 Å². The molecule has 3 nitrogen and oxygen atoms in total. The third-order valence-corrected chi connectivity index (χ3v) is 8.49. The van der Waals surface area contributed by atoms with Crippen LogP contribution in [0.1, 0.15) is 61.6 Å². The zero-order chi connectivity index (χ0) is 17.9. The van der Waals surface area contributed by atoms with Crippen LogP contribution in [0.5, 0.6) is 0 Å². The maximum atomic E-state index is 11.8. The minimum Gasteiger partial charge on any atom is -0.299 e. The fraction of sp³-hybridized carbons (Fsp3) is 0.727. The van der Waals surface area contributed by atoms with Gasteiger partial charge >= 0.3 is 0 Å². The quantitative estimate of drug-likeness (QED) is 0.808. The smallest absolute Gasteiger partial charge is 0.151 e. The summed E-state index contributed by atoms with van der Waals surface area (Å²) in [5, 5.41) is 0. The van der Waals surface area contributed by atoms with Gasteiger partial charge in [-0.05, 0) is 73.6 Å². The number of rotatable bonds is 4. The minimum atomic E-state index is -2.98. The molecule has 2 saturated carbocycles. The molecule has 5 rings (SSSR count). The molecule has 3 unspecified atom stereocenters. The predicted molar refractivity (Wildman–Crippen MR) is 105 cm³/mol.